The number of imidazole rings is 3. The number of H-pyrrole nitrogens is 3. The van der Waals surface area contributed by atoms with E-state index in [1.54, 1.807) is 13.8 Å². The van der Waals surface area contributed by atoms with E-state index in [-0.39, 0.29) is 112 Å². The van der Waals surface area contributed by atoms with Gasteiger partial charge in [-0.15, -0.1) is 0 Å². The van der Waals surface area contributed by atoms with Gasteiger partial charge in [0.15, 0.2) is 41.2 Å². The number of rotatable bonds is 41. The van der Waals surface area contributed by atoms with Crippen LogP contribution in [-0.4, -0.2) is 229 Å². The second kappa shape index (κ2) is 44.1. The molecule has 28 atom stereocenters. The van der Waals surface area contributed by atoms with Crippen LogP contribution >= 0.6 is 47.1 Å². The van der Waals surface area contributed by atoms with Crippen LogP contribution in [0.2, 0.25) is 0 Å². The maximum atomic E-state index is 15.1. The number of nitrogen functional groups attached to an aromatic ring is 4. The van der Waals surface area contributed by atoms with Crippen LogP contribution in [0.3, 0.4) is 0 Å². The Kier molecular flexibility index (Phi) is 33.3. The Morgan fingerprint density at radius 3 is 0.897 bits per heavy atom. The number of nitrogens with two attached hydrogens (primary N) is 4. The van der Waals surface area contributed by atoms with E-state index >= 15 is 4.89 Å². The molecule has 0 amide bonds. The van der Waals surface area contributed by atoms with Gasteiger partial charge in [-0.2, -0.15) is 4.98 Å². The predicted molar refractivity (Wildman–Crippen MR) is 513 cm³/mol. The first-order valence-electron chi connectivity index (χ1n) is 43.5. The molecule has 73 heteroatoms. The fraction of sp³-hybridized carbons (Fsp3) is 0.569. The van der Waals surface area contributed by atoms with Crippen molar-refractivity contribution in [3.63, 3.8) is 0 Å². The summed E-state index contributed by atoms with van der Waals surface area (Å²) in [7, 11) is 1.07. The highest BCUT2D eigenvalue weighted by Crippen LogP contribution is 2.57. The summed E-state index contributed by atoms with van der Waals surface area (Å²) >= 11 is 38.2. The third kappa shape index (κ3) is 25.4. The Hall–Kier alpha value is -6.83. The lowest BCUT2D eigenvalue weighted by Crippen LogP contribution is -2.34. The molecule has 7 saturated heterocycles. The lowest BCUT2D eigenvalue weighted by atomic mass is 10.1. The van der Waals surface area contributed by atoms with Gasteiger partial charge in [0.25, 0.3) is 16.7 Å². The molecule has 17 rings (SSSR count). The molecule has 0 aromatic carbocycles. The molecule has 17 heterocycles. The zero-order chi connectivity index (χ0) is 104. The van der Waals surface area contributed by atoms with Gasteiger partial charge in [0, 0.05) is 99.1 Å². The molecule has 0 bridgehead atoms. The van der Waals surface area contributed by atoms with Gasteiger partial charge in [0.1, 0.15) is 162 Å². The molecule has 0 saturated carbocycles. The number of aryl methyl sites for hydroxylation is 4. The smallest absolute Gasteiger partial charge is 0.351 e. The number of aromatic nitrogens is 20. The number of fused-ring (bicyclic) bond motifs is 3. The van der Waals surface area contributed by atoms with Crippen molar-refractivity contribution in [2.75, 3.05) is 69.7 Å². The van der Waals surface area contributed by atoms with Crippen LogP contribution in [-0.2, 0) is 184 Å². The number of hydrogen-bond donors (Lipinski definition) is 7. The topological polar surface area (TPSA) is 784 Å². The lowest BCUT2D eigenvalue weighted by Gasteiger charge is -2.36. The van der Waals surface area contributed by atoms with Crippen LogP contribution in [0.25, 0.3) is 33.5 Å². The minimum absolute atomic E-state index is 0.0204. The average molecular weight is 2290 g/mol. The fourth-order valence-electron chi connectivity index (χ4n) is 16.9. The molecule has 10 aromatic heterocycles. The summed E-state index contributed by atoms with van der Waals surface area (Å²) in [5.74, 6) is -0.129. The predicted octanol–water partition coefficient (Wildman–Crippen LogP) is -2.00. The first-order chi connectivity index (χ1) is 68.4. The summed E-state index contributed by atoms with van der Waals surface area (Å²) in [6, 6.07) is 0. The number of anilines is 4. The van der Waals surface area contributed by atoms with Crippen LogP contribution in [0.15, 0.2) is 96.3 Å². The van der Waals surface area contributed by atoms with E-state index in [9.17, 15) is 62.6 Å². The van der Waals surface area contributed by atoms with Crippen molar-refractivity contribution in [1.82, 2.24) is 96.8 Å². The Balaban J connectivity index is 0.582. The van der Waals surface area contributed by atoms with Gasteiger partial charge in [-0.1, -0.05) is 77.8 Å². The molecule has 7 aliphatic heterocycles. The molecule has 790 valence electrons. The lowest BCUT2D eigenvalue weighted by molar-refractivity contribution is -0.221. The molecule has 145 heavy (non-hydrogen) atoms. The SMILES string of the molecule is CC[C@H]1O[C@@H](n2cc(C)c(=O)[nH]c2=O)C[C@H]1OP([O-])(=S)OC[C@H]1O[C@@H](n2cc(C)c(=O)[nH]c2=O)C[C@H]1OP(=O)([S-])OC[C@H]1O[C@@H](n2cc(C)c(=O)[nH]c2=O)C[C@H]1OP([O-])(=S)OC[C@H]1O[C@@H](n2cnc3c(N)ncnc32)C[C@H]1OP([O-])(=S)OC[C@H]1O[C@@H](n2cnc3c(N)ncnc32)C[C@H]1OP([O-])(=S)OC[C@H]1O[C@@H](n2cc(C)c(N)nc2=O)C[C@H]1OP([O-])(=S)OC[C@H]1O[C@@H](n2cnc3c(N)ncnc32)C[C@H]1OP([O-])(=S)OC. The maximum Gasteiger partial charge on any atom is 0.351 e. The fourth-order valence-corrected chi connectivity index (χ4v) is 26.7. The molecular formula is C72H88N24O35P7S7-7. The summed E-state index contributed by atoms with van der Waals surface area (Å²) in [5, 5.41) is 0. The van der Waals surface area contributed by atoms with Crippen LogP contribution in [0.4, 0.5) is 23.3 Å². The zero-order valence-electron chi connectivity index (χ0n) is 76.0. The van der Waals surface area contributed by atoms with Crippen molar-refractivity contribution in [1.29, 1.82) is 0 Å². The second-order valence-corrected chi connectivity index (χ2v) is 52.8. The summed E-state index contributed by atoms with van der Waals surface area (Å²) < 4.78 is 149. The summed E-state index contributed by atoms with van der Waals surface area (Å²) in [4.78, 5) is 226. The maximum absolute atomic E-state index is 15.1. The molecule has 0 radical (unpaired) electrons. The van der Waals surface area contributed by atoms with Gasteiger partial charge in [-0.3, -0.25) is 65.9 Å². The third-order valence-electron chi connectivity index (χ3n) is 24.1. The Labute approximate surface area is 851 Å². The monoisotopic (exact) mass is 2290 g/mol. The number of aromatic amines is 3. The average Bonchev–Trinajstić information content (AvgIpc) is 1.63. The quantitative estimate of drug-likeness (QED) is 0.0161. The van der Waals surface area contributed by atoms with E-state index in [1.807, 2.05) is 0 Å². The van der Waals surface area contributed by atoms with Crippen molar-refractivity contribution in [3.8, 4) is 0 Å². The van der Waals surface area contributed by atoms with E-state index in [0.717, 1.165) is 44.2 Å². The Morgan fingerprint density at radius 1 is 0.359 bits per heavy atom. The summed E-state index contributed by atoms with van der Waals surface area (Å²) in [5.41, 5.74) is 20.2. The van der Waals surface area contributed by atoms with Gasteiger partial charge in [0.05, 0.1) is 107 Å². The molecule has 7 fully saturated rings. The number of hydrogen-bond acceptors (Lipinski definition) is 56. The molecule has 59 nitrogen and oxygen atoms in total. The van der Waals surface area contributed by atoms with Crippen molar-refractivity contribution >= 4 is 187 Å². The standard InChI is InChI=1S/C72H95N24O35P7S7/c1-7-35-36(8-49(118-35)91-16-32(3)66(97)87-70(91)101)126-133(105,140)112-20-45-39(10-51(120-45)92-17-33(4)67(98)88-71(92)102)128-135(107,142)114-22-46-40(11-52(121-46)93-18-34(5)68(99)89-72(93)103)129-136(108,143)116-23-47-42(14-55(123-47)96-30-85-58-62(76)79-27-82-65(58)96)131-138(110,145)117-24-48-41(13-54(124-48)95-29-84-57-61(75)78-26-81-64(57)95)130-137(109,144)115-21-44-38(9-50(119-44)90-15-31(2)59(73)86-69(90)100)127-134(106,141)113-19-43-37(125-132(104,139)111-6)12-53(122-43)94-28-83-56-60(74)77-25-80-63(56)94/h15-18,25-30,35-55H,7-14,19-24H2,1-6H3,(H,104,139)(H,105,140)(H,106,141)(H,107,142)(H,108,143)(H,109,144)(H,110,145)(H2,73,86,100)(H2,74,77,80)(H2,75,78,81)(H2,76,79,82)(H,87,97,101)(H,88,98,102)(H,89,99,103)/p-7/t35-,36-,37-,38-,39-,40-,41-,42-,43-,44-,45-,46-,47-,48-,49-,50-,51-,52-,53-,54-,55-,132?,133?,134?,135?,136?,137?,138?/m1/s1. The van der Waals surface area contributed by atoms with Crippen LogP contribution < -0.4 is 91.7 Å². The molecule has 11 N–H and O–H groups in total. The van der Waals surface area contributed by atoms with Crippen molar-refractivity contribution in [2.45, 2.75) is 215 Å². The van der Waals surface area contributed by atoms with Gasteiger partial charge in [0.2, 0.25) is 0 Å². The Morgan fingerprint density at radius 2 is 0.607 bits per heavy atom. The number of nitrogens with zero attached hydrogens (tertiary/aromatic N) is 17. The molecule has 7 unspecified atom stereocenters. The van der Waals surface area contributed by atoms with E-state index in [1.165, 1.54) is 78.4 Å². The highest BCUT2D eigenvalue weighted by molar-refractivity contribution is 8.32. The normalized spacial score (nSPS) is 29.6. The zero-order valence-corrected chi connectivity index (χ0v) is 88.0. The van der Waals surface area contributed by atoms with E-state index in [2.05, 4.69) is 64.8 Å². The highest BCUT2D eigenvalue weighted by atomic mass is 32.7. The van der Waals surface area contributed by atoms with Crippen LogP contribution in [0, 0.1) is 27.7 Å². The Bertz CT molecular complexity index is 7400. The highest BCUT2D eigenvalue weighted by Gasteiger charge is 2.50. The summed E-state index contributed by atoms with van der Waals surface area (Å²) in [6.07, 6.45) is -17.4. The third-order valence-corrected chi connectivity index (χ3v) is 35.2. The van der Waals surface area contributed by atoms with Crippen molar-refractivity contribution in [3.05, 3.63) is 158 Å². The van der Waals surface area contributed by atoms with Gasteiger partial charge < -0.3 is 161 Å². The van der Waals surface area contributed by atoms with Crippen molar-refractivity contribution in [2.24, 2.45) is 0 Å². The molecule has 7 aliphatic rings. The van der Waals surface area contributed by atoms with E-state index < -0.39 is 268 Å². The second-order valence-electron chi connectivity index (χ2n) is 33.7. The minimum Gasteiger partial charge on any atom is -0.780 e. The molecule has 0 spiro atoms. The van der Waals surface area contributed by atoms with Crippen LogP contribution in [0.5, 0.6) is 0 Å². The van der Waals surface area contributed by atoms with E-state index in [4.69, 9.17) is 203 Å². The number of nitrogens with one attached hydrogen (secondary N) is 3. The van der Waals surface area contributed by atoms with Gasteiger partial charge in [-0.25, -0.2) is 64.0 Å². The first-order valence-corrected chi connectivity index (χ1v) is 61.4. The van der Waals surface area contributed by atoms with Gasteiger partial charge in [-0.05, 0) is 34.1 Å². The molecule has 10 aromatic rings. The summed E-state index contributed by atoms with van der Waals surface area (Å²) in [6.45, 7) is -30.9. The largest absolute Gasteiger partial charge is 0.780 e. The molecule has 0 aliphatic carbocycles. The number of ether oxygens (including phenoxy) is 7. The van der Waals surface area contributed by atoms with E-state index in [0.29, 0.717) is 5.56 Å². The van der Waals surface area contributed by atoms with Crippen molar-refractivity contribution < 1.29 is 130 Å². The molecular weight excluding hydrogens is 2200 g/mol. The minimum atomic E-state index is -5.02. The first kappa shape index (κ1) is 109. The van der Waals surface area contributed by atoms with Crippen LogP contribution in [0.1, 0.15) is 124 Å². The van der Waals surface area contributed by atoms with Gasteiger partial charge >= 0.3 is 22.8 Å².